The van der Waals surface area contributed by atoms with Gasteiger partial charge in [-0.1, -0.05) is 6.92 Å². The number of urea groups is 1. The van der Waals surface area contributed by atoms with Crippen molar-refractivity contribution in [1.82, 2.24) is 10.2 Å². The Balaban J connectivity index is 2.30. The number of benzene rings is 1. The standard InChI is InChI=1S/C14H18F2N2O4/c1-9(13(19)20)8-18(2)14(21)17-5-6-22-10-3-4-11(15)12(16)7-10/h3-4,7,9H,5-6,8H2,1-2H3,(H,17,21)(H,19,20). The van der Waals surface area contributed by atoms with Crippen LogP contribution in [0.2, 0.25) is 0 Å². The topological polar surface area (TPSA) is 78.9 Å². The Bertz CT molecular complexity index is 540. The number of nitrogens with zero attached hydrogens (tertiary/aromatic N) is 1. The number of amides is 2. The highest BCUT2D eigenvalue weighted by Crippen LogP contribution is 2.14. The summed E-state index contributed by atoms with van der Waals surface area (Å²) >= 11 is 0. The van der Waals surface area contributed by atoms with Crippen molar-refractivity contribution in [1.29, 1.82) is 0 Å². The van der Waals surface area contributed by atoms with Crippen molar-refractivity contribution in [2.24, 2.45) is 5.92 Å². The van der Waals surface area contributed by atoms with Crippen molar-refractivity contribution >= 4 is 12.0 Å². The molecule has 2 amide bonds. The minimum atomic E-state index is -1.01. The molecule has 0 aromatic heterocycles. The summed E-state index contributed by atoms with van der Waals surface area (Å²) < 4.78 is 30.8. The maximum Gasteiger partial charge on any atom is 0.317 e. The van der Waals surface area contributed by atoms with Crippen LogP contribution in [0.25, 0.3) is 0 Å². The van der Waals surface area contributed by atoms with E-state index in [1.807, 2.05) is 0 Å². The summed E-state index contributed by atoms with van der Waals surface area (Å²) in [5.41, 5.74) is 0. The smallest absolute Gasteiger partial charge is 0.317 e. The van der Waals surface area contributed by atoms with Crippen molar-refractivity contribution in [2.45, 2.75) is 6.92 Å². The molecule has 6 nitrogen and oxygen atoms in total. The molecular formula is C14H18F2N2O4. The van der Waals surface area contributed by atoms with E-state index in [1.54, 1.807) is 0 Å². The van der Waals surface area contributed by atoms with Crippen LogP contribution in [-0.4, -0.2) is 48.8 Å². The highest BCUT2D eigenvalue weighted by atomic mass is 19.2. The number of nitrogens with one attached hydrogen (secondary N) is 1. The maximum atomic E-state index is 12.9. The first-order valence-electron chi connectivity index (χ1n) is 6.61. The second-order valence-corrected chi connectivity index (χ2v) is 4.78. The van der Waals surface area contributed by atoms with Gasteiger partial charge in [-0.2, -0.15) is 0 Å². The van der Waals surface area contributed by atoms with Crippen LogP contribution in [0.5, 0.6) is 5.75 Å². The normalized spacial score (nSPS) is 11.6. The third-order valence-corrected chi connectivity index (χ3v) is 2.85. The Labute approximate surface area is 126 Å². The zero-order chi connectivity index (χ0) is 16.7. The van der Waals surface area contributed by atoms with Crippen LogP contribution >= 0.6 is 0 Å². The van der Waals surface area contributed by atoms with E-state index in [2.05, 4.69) is 5.32 Å². The summed E-state index contributed by atoms with van der Waals surface area (Å²) in [6.45, 7) is 1.78. The average molecular weight is 316 g/mol. The molecule has 0 saturated heterocycles. The van der Waals surface area contributed by atoms with Gasteiger partial charge >= 0.3 is 12.0 Å². The van der Waals surface area contributed by atoms with Crippen LogP contribution in [0, 0.1) is 17.6 Å². The number of ether oxygens (including phenoxy) is 1. The van der Waals surface area contributed by atoms with E-state index in [0.717, 1.165) is 12.1 Å². The van der Waals surface area contributed by atoms with Crippen molar-refractivity contribution in [3.8, 4) is 5.75 Å². The number of rotatable bonds is 7. The van der Waals surface area contributed by atoms with Crippen LogP contribution in [0.3, 0.4) is 0 Å². The molecule has 0 bridgehead atoms. The lowest BCUT2D eigenvalue weighted by molar-refractivity contribution is -0.141. The summed E-state index contributed by atoms with van der Waals surface area (Å²) in [6, 6.07) is 2.70. The molecule has 0 heterocycles. The Morgan fingerprint density at radius 3 is 2.64 bits per heavy atom. The van der Waals surface area contributed by atoms with Gasteiger partial charge in [-0.3, -0.25) is 4.79 Å². The SMILES string of the molecule is CC(CN(C)C(=O)NCCOc1ccc(F)c(F)c1)C(=O)O. The third-order valence-electron chi connectivity index (χ3n) is 2.85. The second-order valence-electron chi connectivity index (χ2n) is 4.78. The molecule has 0 saturated carbocycles. The average Bonchev–Trinajstić information content (AvgIpc) is 2.46. The lowest BCUT2D eigenvalue weighted by Crippen LogP contribution is -2.42. The van der Waals surface area contributed by atoms with Crippen LogP contribution < -0.4 is 10.1 Å². The molecule has 1 aromatic rings. The Morgan fingerprint density at radius 2 is 2.05 bits per heavy atom. The van der Waals surface area contributed by atoms with E-state index in [4.69, 9.17) is 9.84 Å². The number of hydrogen-bond donors (Lipinski definition) is 2. The Hall–Kier alpha value is -2.38. The molecule has 0 radical (unpaired) electrons. The third kappa shape index (κ3) is 5.55. The fraction of sp³-hybridized carbons (Fsp3) is 0.429. The van der Waals surface area contributed by atoms with Gasteiger partial charge in [0, 0.05) is 19.7 Å². The molecule has 0 aliphatic rings. The molecule has 0 aliphatic heterocycles. The number of aliphatic carboxylic acids is 1. The van der Waals surface area contributed by atoms with Gasteiger partial charge in [-0.15, -0.1) is 0 Å². The van der Waals surface area contributed by atoms with Gasteiger partial charge in [0.25, 0.3) is 0 Å². The summed E-state index contributed by atoms with van der Waals surface area (Å²) in [7, 11) is 1.48. The lowest BCUT2D eigenvalue weighted by Gasteiger charge is -2.20. The number of halogens is 2. The van der Waals surface area contributed by atoms with Crippen LogP contribution in [0.1, 0.15) is 6.92 Å². The minimum absolute atomic E-state index is 0.0686. The van der Waals surface area contributed by atoms with Gasteiger partial charge in [-0.05, 0) is 12.1 Å². The maximum absolute atomic E-state index is 12.9. The van der Waals surface area contributed by atoms with Crippen molar-refractivity contribution < 1.29 is 28.2 Å². The Kier molecular flexibility index (Phi) is 6.55. The number of carboxylic acids is 1. The fourth-order valence-corrected chi connectivity index (χ4v) is 1.60. The van der Waals surface area contributed by atoms with E-state index < -0.39 is 29.6 Å². The van der Waals surface area contributed by atoms with E-state index in [-0.39, 0.29) is 25.4 Å². The summed E-state index contributed by atoms with van der Waals surface area (Å²) in [5.74, 6) is -3.48. The monoisotopic (exact) mass is 316 g/mol. The van der Waals surface area contributed by atoms with Crippen molar-refractivity contribution in [3.05, 3.63) is 29.8 Å². The zero-order valence-electron chi connectivity index (χ0n) is 12.3. The van der Waals surface area contributed by atoms with E-state index in [0.29, 0.717) is 0 Å². The number of carboxylic acid groups (broad SMARTS) is 1. The largest absolute Gasteiger partial charge is 0.492 e. The zero-order valence-corrected chi connectivity index (χ0v) is 12.3. The highest BCUT2D eigenvalue weighted by Gasteiger charge is 2.16. The molecule has 8 heteroatoms. The minimum Gasteiger partial charge on any atom is -0.492 e. The van der Waals surface area contributed by atoms with Gasteiger partial charge in [0.1, 0.15) is 12.4 Å². The fourth-order valence-electron chi connectivity index (χ4n) is 1.60. The van der Waals surface area contributed by atoms with Gasteiger partial charge < -0.3 is 20.1 Å². The van der Waals surface area contributed by atoms with Crippen LogP contribution in [0.15, 0.2) is 18.2 Å². The molecule has 0 spiro atoms. The van der Waals surface area contributed by atoms with Gasteiger partial charge in [0.05, 0.1) is 12.5 Å². The molecule has 1 rings (SSSR count). The van der Waals surface area contributed by atoms with Gasteiger partial charge in [0.15, 0.2) is 11.6 Å². The molecule has 122 valence electrons. The summed E-state index contributed by atoms with van der Waals surface area (Å²) in [4.78, 5) is 23.6. The molecule has 1 aromatic carbocycles. The lowest BCUT2D eigenvalue weighted by atomic mass is 10.2. The summed E-state index contributed by atoms with van der Waals surface area (Å²) in [5, 5.41) is 11.3. The molecule has 1 atom stereocenters. The molecular weight excluding hydrogens is 298 g/mol. The number of hydrogen-bond acceptors (Lipinski definition) is 3. The molecule has 0 aliphatic carbocycles. The van der Waals surface area contributed by atoms with Crippen LogP contribution in [-0.2, 0) is 4.79 Å². The quantitative estimate of drug-likeness (QED) is 0.751. The van der Waals surface area contributed by atoms with E-state index in [9.17, 15) is 18.4 Å². The first-order chi connectivity index (χ1) is 10.3. The Morgan fingerprint density at radius 1 is 1.36 bits per heavy atom. The molecule has 2 N–H and O–H groups in total. The van der Waals surface area contributed by atoms with Crippen molar-refractivity contribution in [2.75, 3.05) is 26.7 Å². The molecule has 22 heavy (non-hydrogen) atoms. The van der Waals surface area contributed by atoms with Crippen LogP contribution in [0.4, 0.5) is 13.6 Å². The predicted octanol–water partition coefficient (Wildman–Crippen LogP) is 1.71. The molecule has 0 fully saturated rings. The predicted molar refractivity (Wildman–Crippen MR) is 74.7 cm³/mol. The van der Waals surface area contributed by atoms with E-state index in [1.165, 1.54) is 24.9 Å². The van der Waals surface area contributed by atoms with Gasteiger partial charge in [0.2, 0.25) is 0 Å². The van der Waals surface area contributed by atoms with E-state index >= 15 is 0 Å². The van der Waals surface area contributed by atoms with Crippen molar-refractivity contribution in [3.63, 3.8) is 0 Å². The highest BCUT2D eigenvalue weighted by molar-refractivity contribution is 5.75. The van der Waals surface area contributed by atoms with Gasteiger partial charge in [-0.25, -0.2) is 13.6 Å². The second kappa shape index (κ2) is 8.16. The number of carbonyl (C=O) groups excluding carboxylic acids is 1. The molecule has 1 unspecified atom stereocenters. The number of carbonyl (C=O) groups is 2. The first kappa shape index (κ1) is 17.7. The summed E-state index contributed by atoms with van der Waals surface area (Å²) in [6.07, 6.45) is 0. The first-order valence-corrected chi connectivity index (χ1v) is 6.61.